The van der Waals surface area contributed by atoms with Crippen LogP contribution in [0.15, 0.2) is 29.3 Å². The number of guanidine groups is 1. The Morgan fingerprint density at radius 2 is 1.96 bits per heavy atom. The van der Waals surface area contributed by atoms with Gasteiger partial charge in [0.05, 0.1) is 20.3 Å². The van der Waals surface area contributed by atoms with Crippen molar-refractivity contribution in [1.82, 2.24) is 15.5 Å². The molecular weight excluding hydrogens is 431 g/mol. The monoisotopic (exact) mass is 462 g/mol. The fraction of sp³-hybridized carbons (Fsp3) is 0.611. The van der Waals surface area contributed by atoms with Gasteiger partial charge >= 0.3 is 0 Å². The number of benzene rings is 1. The number of methoxy groups -OCH3 is 1. The number of hydrogen-bond donors (Lipinski definition) is 2. The summed E-state index contributed by atoms with van der Waals surface area (Å²) in [5, 5.41) is 6.70. The molecule has 0 aliphatic carbocycles. The van der Waals surface area contributed by atoms with Crippen molar-refractivity contribution in [1.29, 1.82) is 0 Å². The first-order chi connectivity index (χ1) is 11.8. The van der Waals surface area contributed by atoms with Crippen molar-refractivity contribution in [2.45, 2.75) is 19.4 Å². The first-order valence-corrected chi connectivity index (χ1v) is 8.70. The van der Waals surface area contributed by atoms with Gasteiger partial charge in [-0.25, -0.2) is 0 Å². The van der Waals surface area contributed by atoms with Gasteiger partial charge in [0.25, 0.3) is 0 Å². The summed E-state index contributed by atoms with van der Waals surface area (Å²) >= 11 is 0. The largest absolute Gasteiger partial charge is 0.496 e. The third kappa shape index (κ3) is 8.24. The van der Waals surface area contributed by atoms with Gasteiger partial charge in [0, 0.05) is 38.8 Å². The molecule has 7 heteroatoms. The molecule has 1 aliphatic heterocycles. The van der Waals surface area contributed by atoms with Crippen molar-refractivity contribution in [3.8, 4) is 5.75 Å². The average molecular weight is 462 g/mol. The Labute approximate surface area is 168 Å². The molecule has 1 saturated heterocycles. The lowest BCUT2D eigenvalue weighted by Crippen LogP contribution is -2.38. The van der Waals surface area contributed by atoms with Crippen LogP contribution in [-0.4, -0.2) is 64.4 Å². The third-order valence-corrected chi connectivity index (χ3v) is 4.16. The molecule has 1 heterocycles. The summed E-state index contributed by atoms with van der Waals surface area (Å²) < 4.78 is 10.7. The fourth-order valence-corrected chi connectivity index (χ4v) is 2.74. The molecule has 142 valence electrons. The topological polar surface area (TPSA) is 58.1 Å². The Morgan fingerprint density at radius 3 is 2.68 bits per heavy atom. The summed E-state index contributed by atoms with van der Waals surface area (Å²) in [6.45, 7) is 6.65. The van der Waals surface area contributed by atoms with Crippen LogP contribution >= 0.6 is 24.0 Å². The van der Waals surface area contributed by atoms with E-state index in [9.17, 15) is 0 Å². The molecule has 0 unspecified atom stereocenters. The van der Waals surface area contributed by atoms with Crippen LogP contribution in [0.3, 0.4) is 0 Å². The highest BCUT2D eigenvalue weighted by atomic mass is 127. The molecule has 0 saturated carbocycles. The lowest BCUT2D eigenvalue weighted by Gasteiger charge is -2.26. The van der Waals surface area contributed by atoms with Crippen LogP contribution < -0.4 is 15.4 Å². The van der Waals surface area contributed by atoms with Crippen LogP contribution in [0.5, 0.6) is 5.75 Å². The number of nitrogens with zero attached hydrogens (tertiary/aromatic N) is 2. The summed E-state index contributed by atoms with van der Waals surface area (Å²) in [4.78, 5) is 6.74. The van der Waals surface area contributed by atoms with E-state index >= 15 is 0 Å². The van der Waals surface area contributed by atoms with Crippen LogP contribution in [0.1, 0.15) is 18.4 Å². The molecule has 0 radical (unpaired) electrons. The van der Waals surface area contributed by atoms with Crippen LogP contribution in [-0.2, 0) is 11.3 Å². The minimum atomic E-state index is 0. The summed E-state index contributed by atoms with van der Waals surface area (Å²) in [6.07, 6.45) is 2.32. The molecule has 1 aromatic rings. The van der Waals surface area contributed by atoms with Crippen LogP contribution in [0.25, 0.3) is 0 Å². The van der Waals surface area contributed by atoms with E-state index in [0.29, 0.717) is 6.54 Å². The van der Waals surface area contributed by atoms with Crippen molar-refractivity contribution >= 4 is 29.9 Å². The van der Waals surface area contributed by atoms with Crippen molar-refractivity contribution in [3.63, 3.8) is 0 Å². The van der Waals surface area contributed by atoms with E-state index in [2.05, 4.69) is 26.6 Å². The first-order valence-electron chi connectivity index (χ1n) is 8.70. The number of morpholine rings is 1. The predicted octanol–water partition coefficient (Wildman–Crippen LogP) is 2.09. The Bertz CT molecular complexity index is 508. The van der Waals surface area contributed by atoms with Gasteiger partial charge < -0.3 is 20.1 Å². The number of para-hydroxylation sites is 1. The fourth-order valence-electron chi connectivity index (χ4n) is 2.74. The van der Waals surface area contributed by atoms with Crippen molar-refractivity contribution in [2.24, 2.45) is 4.99 Å². The van der Waals surface area contributed by atoms with E-state index in [-0.39, 0.29) is 24.0 Å². The molecule has 1 aromatic carbocycles. The van der Waals surface area contributed by atoms with Gasteiger partial charge in [0.1, 0.15) is 5.75 Å². The number of halogens is 1. The van der Waals surface area contributed by atoms with Crippen molar-refractivity contribution in [3.05, 3.63) is 29.8 Å². The van der Waals surface area contributed by atoms with Gasteiger partial charge in [0.2, 0.25) is 0 Å². The molecule has 0 bridgehead atoms. The first kappa shape index (κ1) is 22.0. The second kappa shape index (κ2) is 13.2. The quantitative estimate of drug-likeness (QED) is 0.268. The maximum absolute atomic E-state index is 5.37. The molecule has 1 fully saturated rings. The normalized spacial score (nSPS) is 15.4. The standard InChI is InChI=1S/C18H30N4O2.HI/c1-19-18(21-15-16-7-3-4-8-17(16)23-2)20-9-5-6-10-22-11-13-24-14-12-22;/h3-4,7-8H,5-6,9-15H2,1-2H3,(H2,19,20,21);1H. The summed E-state index contributed by atoms with van der Waals surface area (Å²) in [5.41, 5.74) is 1.12. The summed E-state index contributed by atoms with van der Waals surface area (Å²) in [5.74, 6) is 1.72. The van der Waals surface area contributed by atoms with E-state index in [1.54, 1.807) is 14.2 Å². The highest BCUT2D eigenvalue weighted by Gasteiger charge is 2.09. The van der Waals surface area contributed by atoms with E-state index in [1.807, 2.05) is 18.2 Å². The minimum Gasteiger partial charge on any atom is -0.496 e. The van der Waals surface area contributed by atoms with Gasteiger partial charge in [-0.1, -0.05) is 18.2 Å². The lowest BCUT2D eigenvalue weighted by molar-refractivity contribution is 0.0372. The van der Waals surface area contributed by atoms with Crippen molar-refractivity contribution in [2.75, 3.05) is 53.6 Å². The molecule has 2 N–H and O–H groups in total. The zero-order valence-corrected chi connectivity index (χ0v) is 17.6. The van der Waals surface area contributed by atoms with Crippen LogP contribution in [0.4, 0.5) is 0 Å². The van der Waals surface area contributed by atoms with Gasteiger partial charge in [0.15, 0.2) is 5.96 Å². The minimum absolute atomic E-state index is 0. The zero-order valence-electron chi connectivity index (χ0n) is 15.3. The van der Waals surface area contributed by atoms with Gasteiger partial charge in [-0.2, -0.15) is 0 Å². The molecule has 6 nitrogen and oxygen atoms in total. The summed E-state index contributed by atoms with van der Waals surface area (Å²) in [6, 6.07) is 8.02. The number of aliphatic imine (C=N–C) groups is 1. The van der Waals surface area contributed by atoms with Gasteiger partial charge in [-0.05, 0) is 25.5 Å². The molecule has 1 aliphatic rings. The lowest BCUT2D eigenvalue weighted by atomic mass is 10.2. The Morgan fingerprint density at radius 1 is 1.20 bits per heavy atom. The van der Waals surface area contributed by atoms with E-state index in [0.717, 1.165) is 63.1 Å². The zero-order chi connectivity index (χ0) is 17.0. The molecule has 0 amide bonds. The number of nitrogens with one attached hydrogen (secondary N) is 2. The highest BCUT2D eigenvalue weighted by molar-refractivity contribution is 14.0. The molecule has 2 rings (SSSR count). The van der Waals surface area contributed by atoms with Crippen LogP contribution in [0, 0.1) is 0 Å². The van der Waals surface area contributed by atoms with Gasteiger partial charge in [-0.15, -0.1) is 24.0 Å². The number of unbranched alkanes of at least 4 members (excludes halogenated alkanes) is 1. The second-order valence-corrected chi connectivity index (χ2v) is 5.83. The maximum Gasteiger partial charge on any atom is 0.191 e. The van der Waals surface area contributed by atoms with E-state index < -0.39 is 0 Å². The SMILES string of the molecule is CN=C(NCCCCN1CCOCC1)NCc1ccccc1OC.I. The number of ether oxygens (including phenoxy) is 2. The predicted molar refractivity (Wildman–Crippen MR) is 113 cm³/mol. The van der Waals surface area contributed by atoms with E-state index in [1.165, 1.54) is 6.42 Å². The maximum atomic E-state index is 5.37. The smallest absolute Gasteiger partial charge is 0.191 e. The van der Waals surface area contributed by atoms with Gasteiger partial charge in [-0.3, -0.25) is 9.89 Å². The third-order valence-electron chi connectivity index (χ3n) is 4.16. The highest BCUT2D eigenvalue weighted by Crippen LogP contribution is 2.16. The van der Waals surface area contributed by atoms with E-state index in [4.69, 9.17) is 9.47 Å². The Balaban J connectivity index is 0.00000312. The Hall–Kier alpha value is -1.06. The van der Waals surface area contributed by atoms with Crippen LogP contribution in [0.2, 0.25) is 0 Å². The molecule has 0 spiro atoms. The molecule has 0 atom stereocenters. The average Bonchev–Trinajstić information content (AvgIpc) is 2.65. The van der Waals surface area contributed by atoms with Crippen molar-refractivity contribution < 1.29 is 9.47 Å². The molecule has 0 aromatic heterocycles. The molecule has 25 heavy (non-hydrogen) atoms. The number of rotatable bonds is 8. The number of hydrogen-bond acceptors (Lipinski definition) is 4. The summed E-state index contributed by atoms with van der Waals surface area (Å²) in [7, 11) is 3.49. The second-order valence-electron chi connectivity index (χ2n) is 5.83. The molecular formula is C18H31IN4O2. The Kier molecular flexibility index (Phi) is 11.6.